The van der Waals surface area contributed by atoms with E-state index in [-0.39, 0.29) is 29.8 Å². The lowest BCUT2D eigenvalue weighted by atomic mass is 9.87. The van der Waals surface area contributed by atoms with Crippen LogP contribution in [0.4, 0.5) is 0 Å². The van der Waals surface area contributed by atoms with Gasteiger partial charge in [0.05, 0.1) is 17.9 Å². The third kappa shape index (κ3) is 4.51. The third-order valence-electron chi connectivity index (χ3n) is 5.73. The van der Waals surface area contributed by atoms with Crippen molar-refractivity contribution in [3.63, 3.8) is 0 Å². The Kier molecular flexibility index (Phi) is 6.53. The Labute approximate surface area is 188 Å². The van der Waals surface area contributed by atoms with Crippen molar-refractivity contribution in [2.24, 2.45) is 5.92 Å². The molecular formula is C24H25N3O4S. The van der Waals surface area contributed by atoms with Gasteiger partial charge in [-0.3, -0.25) is 9.78 Å². The van der Waals surface area contributed by atoms with Gasteiger partial charge in [-0.05, 0) is 35.4 Å². The largest absolute Gasteiger partial charge is 0.496 e. The maximum atomic E-state index is 13.3. The number of hydrogen-bond acceptors (Lipinski definition) is 5. The summed E-state index contributed by atoms with van der Waals surface area (Å²) in [6.45, 7) is 0.620. The van der Waals surface area contributed by atoms with Gasteiger partial charge in [0.15, 0.2) is 0 Å². The SMILES string of the molecule is COc1ccccc1C1CN(S(=O)(=O)c2ccccc2)CC1C(=O)NCc1cccnc1. The first-order valence-electron chi connectivity index (χ1n) is 10.4. The summed E-state index contributed by atoms with van der Waals surface area (Å²) in [6, 6.07) is 19.4. The molecule has 1 aromatic heterocycles. The molecular weight excluding hydrogens is 426 g/mol. The number of nitrogens with zero attached hydrogens (tertiary/aromatic N) is 2. The molecule has 1 saturated heterocycles. The molecule has 32 heavy (non-hydrogen) atoms. The van der Waals surface area contributed by atoms with Gasteiger partial charge in [0.25, 0.3) is 0 Å². The Morgan fingerprint density at radius 3 is 2.53 bits per heavy atom. The molecule has 0 radical (unpaired) electrons. The predicted molar refractivity (Wildman–Crippen MR) is 121 cm³/mol. The van der Waals surface area contributed by atoms with Crippen molar-refractivity contribution in [2.45, 2.75) is 17.4 Å². The summed E-state index contributed by atoms with van der Waals surface area (Å²) < 4.78 is 33.4. The molecule has 1 aliphatic heterocycles. The van der Waals surface area contributed by atoms with Crippen LogP contribution in [0.3, 0.4) is 0 Å². The van der Waals surface area contributed by atoms with E-state index in [2.05, 4.69) is 10.3 Å². The average molecular weight is 452 g/mol. The van der Waals surface area contributed by atoms with Gasteiger partial charge < -0.3 is 10.1 Å². The topological polar surface area (TPSA) is 88.6 Å². The minimum Gasteiger partial charge on any atom is -0.496 e. The number of methoxy groups -OCH3 is 1. The summed E-state index contributed by atoms with van der Waals surface area (Å²) in [5.74, 6) is -0.447. The molecule has 3 aromatic rings. The lowest BCUT2D eigenvalue weighted by molar-refractivity contribution is -0.125. The fraction of sp³-hybridized carbons (Fsp3) is 0.250. The summed E-state index contributed by atoms with van der Waals surface area (Å²) in [5.41, 5.74) is 1.70. The molecule has 0 spiro atoms. The summed E-state index contributed by atoms with van der Waals surface area (Å²) >= 11 is 0. The highest BCUT2D eigenvalue weighted by molar-refractivity contribution is 7.89. The molecule has 1 amide bonds. The molecule has 7 nitrogen and oxygen atoms in total. The number of carbonyl (C=O) groups is 1. The van der Waals surface area contributed by atoms with Crippen molar-refractivity contribution in [2.75, 3.05) is 20.2 Å². The Bertz CT molecular complexity index is 1170. The van der Waals surface area contributed by atoms with Gasteiger partial charge in [-0.25, -0.2) is 8.42 Å². The summed E-state index contributed by atoms with van der Waals surface area (Å²) in [4.78, 5) is 17.5. The van der Waals surface area contributed by atoms with Crippen LogP contribution in [0.25, 0.3) is 0 Å². The number of benzene rings is 2. The van der Waals surface area contributed by atoms with E-state index >= 15 is 0 Å². The normalized spacial score (nSPS) is 18.9. The molecule has 2 atom stereocenters. The second kappa shape index (κ2) is 9.50. The first-order chi connectivity index (χ1) is 15.5. The molecule has 1 N–H and O–H groups in total. The number of aromatic nitrogens is 1. The highest BCUT2D eigenvalue weighted by Crippen LogP contribution is 2.39. The molecule has 2 unspecified atom stereocenters. The number of carbonyl (C=O) groups excluding carboxylic acids is 1. The van der Waals surface area contributed by atoms with Gasteiger partial charge >= 0.3 is 0 Å². The summed E-state index contributed by atoms with van der Waals surface area (Å²) in [5, 5.41) is 2.95. The molecule has 0 bridgehead atoms. The Morgan fingerprint density at radius 2 is 1.81 bits per heavy atom. The van der Waals surface area contributed by atoms with E-state index in [1.807, 2.05) is 36.4 Å². The number of amides is 1. The van der Waals surface area contributed by atoms with Crippen molar-refractivity contribution in [1.29, 1.82) is 0 Å². The van der Waals surface area contributed by atoms with Crippen LogP contribution in [0.2, 0.25) is 0 Å². The van der Waals surface area contributed by atoms with E-state index in [1.165, 1.54) is 4.31 Å². The Hall–Kier alpha value is -3.23. The zero-order chi connectivity index (χ0) is 22.6. The quantitative estimate of drug-likeness (QED) is 0.597. The van der Waals surface area contributed by atoms with E-state index in [1.54, 1.807) is 49.8 Å². The van der Waals surface area contributed by atoms with Crippen LogP contribution in [0.5, 0.6) is 5.75 Å². The Morgan fingerprint density at radius 1 is 1.06 bits per heavy atom. The van der Waals surface area contributed by atoms with E-state index in [9.17, 15) is 13.2 Å². The van der Waals surface area contributed by atoms with Crippen LogP contribution >= 0.6 is 0 Å². The van der Waals surface area contributed by atoms with Crippen LogP contribution < -0.4 is 10.1 Å². The Balaban J connectivity index is 1.63. The van der Waals surface area contributed by atoms with Gasteiger partial charge in [0.2, 0.25) is 15.9 Å². The second-order valence-corrected chi connectivity index (χ2v) is 9.61. The third-order valence-corrected chi connectivity index (χ3v) is 7.58. The van der Waals surface area contributed by atoms with Crippen molar-refractivity contribution >= 4 is 15.9 Å². The number of ether oxygens (including phenoxy) is 1. The molecule has 2 heterocycles. The highest BCUT2D eigenvalue weighted by Gasteiger charge is 2.44. The smallest absolute Gasteiger partial charge is 0.243 e. The first kappa shape index (κ1) is 22.0. The summed E-state index contributed by atoms with van der Waals surface area (Å²) in [6.07, 6.45) is 3.37. The maximum Gasteiger partial charge on any atom is 0.243 e. The lowest BCUT2D eigenvalue weighted by Crippen LogP contribution is -2.35. The fourth-order valence-electron chi connectivity index (χ4n) is 4.08. The standard InChI is InChI=1S/C24H25N3O4S/c1-31-23-12-6-5-11-20(23)21-16-27(32(29,30)19-9-3-2-4-10-19)17-22(21)24(28)26-15-18-8-7-13-25-14-18/h2-14,21-22H,15-17H2,1H3,(H,26,28). The van der Waals surface area contributed by atoms with Gasteiger partial charge in [-0.2, -0.15) is 4.31 Å². The number of sulfonamides is 1. The molecule has 0 aliphatic carbocycles. The molecule has 1 aliphatic rings. The van der Waals surface area contributed by atoms with Crippen molar-refractivity contribution < 1.29 is 17.9 Å². The van der Waals surface area contributed by atoms with Gasteiger partial charge in [-0.15, -0.1) is 0 Å². The van der Waals surface area contributed by atoms with Crippen LogP contribution in [-0.4, -0.2) is 43.8 Å². The van der Waals surface area contributed by atoms with Gasteiger partial charge in [-0.1, -0.05) is 42.5 Å². The number of rotatable bonds is 7. The first-order valence-corrected chi connectivity index (χ1v) is 11.8. The number of para-hydroxylation sites is 1. The summed E-state index contributed by atoms with van der Waals surface area (Å²) in [7, 11) is -2.16. The van der Waals surface area contributed by atoms with Crippen LogP contribution in [0, 0.1) is 5.92 Å². The van der Waals surface area contributed by atoms with Gasteiger partial charge in [0, 0.05) is 37.9 Å². The minimum atomic E-state index is -3.73. The minimum absolute atomic E-state index is 0.0960. The van der Waals surface area contributed by atoms with Crippen molar-refractivity contribution in [3.05, 3.63) is 90.3 Å². The van der Waals surface area contributed by atoms with E-state index in [0.717, 1.165) is 11.1 Å². The molecule has 8 heteroatoms. The fourth-order valence-corrected chi connectivity index (χ4v) is 5.59. The van der Waals surface area contributed by atoms with Crippen molar-refractivity contribution in [1.82, 2.24) is 14.6 Å². The monoisotopic (exact) mass is 451 g/mol. The lowest BCUT2D eigenvalue weighted by Gasteiger charge is -2.20. The molecule has 1 fully saturated rings. The number of nitrogens with one attached hydrogen (secondary N) is 1. The average Bonchev–Trinajstić information content (AvgIpc) is 3.30. The zero-order valence-corrected chi connectivity index (χ0v) is 18.5. The van der Waals surface area contributed by atoms with Crippen LogP contribution in [-0.2, 0) is 21.4 Å². The molecule has 166 valence electrons. The highest BCUT2D eigenvalue weighted by atomic mass is 32.2. The van der Waals surface area contributed by atoms with E-state index in [4.69, 9.17) is 4.74 Å². The van der Waals surface area contributed by atoms with E-state index in [0.29, 0.717) is 12.3 Å². The van der Waals surface area contributed by atoms with Crippen molar-refractivity contribution in [3.8, 4) is 5.75 Å². The van der Waals surface area contributed by atoms with Crippen LogP contribution in [0.1, 0.15) is 17.0 Å². The zero-order valence-electron chi connectivity index (χ0n) is 17.7. The number of hydrogen-bond donors (Lipinski definition) is 1. The number of pyridine rings is 1. The second-order valence-electron chi connectivity index (χ2n) is 7.67. The predicted octanol–water partition coefficient (Wildman–Crippen LogP) is 2.81. The maximum absolute atomic E-state index is 13.3. The van der Waals surface area contributed by atoms with Gasteiger partial charge in [0.1, 0.15) is 5.75 Å². The van der Waals surface area contributed by atoms with E-state index < -0.39 is 15.9 Å². The molecule has 2 aromatic carbocycles. The molecule has 0 saturated carbocycles. The van der Waals surface area contributed by atoms with Crippen LogP contribution in [0.15, 0.2) is 84.0 Å². The molecule has 4 rings (SSSR count).